The van der Waals surface area contributed by atoms with E-state index in [1.165, 1.54) is 25.7 Å². The van der Waals surface area contributed by atoms with Crippen LogP contribution in [-0.4, -0.2) is 12.3 Å². The number of nitrogens with two attached hydrogens (primary N) is 1. The average Bonchev–Trinajstić information content (AvgIpc) is 2.43. The molecule has 0 aromatic heterocycles. The van der Waals surface area contributed by atoms with Crippen molar-refractivity contribution >= 4 is 5.78 Å². The zero-order valence-electron chi connectivity index (χ0n) is 8.59. The standard InChI is InChI=1S/C11H21NO/c1-9(8-12)11(13)10-6-4-2-3-5-7-10/h9-10H,2-8,12H2,1H3. The average molecular weight is 183 g/mol. The summed E-state index contributed by atoms with van der Waals surface area (Å²) < 4.78 is 0. The second kappa shape index (κ2) is 5.38. The summed E-state index contributed by atoms with van der Waals surface area (Å²) in [5.41, 5.74) is 5.50. The molecule has 2 heteroatoms. The molecule has 0 aliphatic heterocycles. The van der Waals surface area contributed by atoms with Crippen LogP contribution in [0.15, 0.2) is 0 Å². The number of rotatable bonds is 3. The van der Waals surface area contributed by atoms with Crippen molar-refractivity contribution in [3.8, 4) is 0 Å². The second-order valence-corrected chi connectivity index (χ2v) is 4.23. The monoisotopic (exact) mass is 183 g/mol. The Kier molecular flexibility index (Phi) is 4.43. The smallest absolute Gasteiger partial charge is 0.140 e. The lowest BCUT2D eigenvalue weighted by Crippen LogP contribution is -2.27. The Morgan fingerprint density at radius 1 is 1.31 bits per heavy atom. The van der Waals surface area contributed by atoms with Gasteiger partial charge in [0.25, 0.3) is 0 Å². The first-order chi connectivity index (χ1) is 6.25. The number of ketones is 1. The van der Waals surface area contributed by atoms with Gasteiger partial charge in [-0.2, -0.15) is 0 Å². The van der Waals surface area contributed by atoms with E-state index in [-0.39, 0.29) is 5.92 Å². The topological polar surface area (TPSA) is 43.1 Å². The highest BCUT2D eigenvalue weighted by Gasteiger charge is 2.23. The van der Waals surface area contributed by atoms with Gasteiger partial charge < -0.3 is 5.73 Å². The van der Waals surface area contributed by atoms with Crippen LogP contribution in [-0.2, 0) is 4.79 Å². The number of hydrogen-bond acceptors (Lipinski definition) is 2. The van der Waals surface area contributed by atoms with Crippen molar-refractivity contribution < 1.29 is 4.79 Å². The van der Waals surface area contributed by atoms with Crippen LogP contribution in [0.4, 0.5) is 0 Å². The molecule has 0 bridgehead atoms. The maximum Gasteiger partial charge on any atom is 0.140 e. The Balaban J connectivity index is 2.43. The third-order valence-electron chi connectivity index (χ3n) is 3.10. The molecule has 0 amide bonds. The van der Waals surface area contributed by atoms with Gasteiger partial charge in [0.15, 0.2) is 0 Å². The summed E-state index contributed by atoms with van der Waals surface area (Å²) >= 11 is 0. The highest BCUT2D eigenvalue weighted by atomic mass is 16.1. The molecule has 1 aliphatic rings. The van der Waals surface area contributed by atoms with E-state index in [9.17, 15) is 4.79 Å². The first-order valence-corrected chi connectivity index (χ1v) is 5.49. The molecule has 0 radical (unpaired) electrons. The van der Waals surface area contributed by atoms with Crippen LogP contribution in [0.5, 0.6) is 0 Å². The van der Waals surface area contributed by atoms with E-state index in [4.69, 9.17) is 5.73 Å². The molecule has 1 atom stereocenters. The molecule has 0 saturated heterocycles. The Labute approximate surface area is 80.9 Å². The maximum absolute atomic E-state index is 11.8. The molecule has 1 aliphatic carbocycles. The molecule has 2 N–H and O–H groups in total. The highest BCUT2D eigenvalue weighted by molar-refractivity contribution is 5.83. The predicted octanol–water partition coefficient (Wildman–Crippen LogP) is 2.12. The van der Waals surface area contributed by atoms with Crippen molar-refractivity contribution in [1.82, 2.24) is 0 Å². The Bertz CT molecular complexity index is 159. The molecule has 1 saturated carbocycles. The van der Waals surface area contributed by atoms with E-state index in [1.54, 1.807) is 0 Å². The summed E-state index contributed by atoms with van der Waals surface area (Å²) in [6.07, 6.45) is 7.27. The molecule has 2 nitrogen and oxygen atoms in total. The summed E-state index contributed by atoms with van der Waals surface area (Å²) in [6, 6.07) is 0. The lowest BCUT2D eigenvalue weighted by molar-refractivity contribution is -0.126. The Morgan fingerprint density at radius 3 is 2.31 bits per heavy atom. The highest BCUT2D eigenvalue weighted by Crippen LogP contribution is 2.25. The lowest BCUT2D eigenvalue weighted by atomic mass is 9.88. The fourth-order valence-electron chi connectivity index (χ4n) is 2.08. The van der Waals surface area contributed by atoms with E-state index in [2.05, 4.69) is 0 Å². The minimum Gasteiger partial charge on any atom is -0.330 e. The third-order valence-corrected chi connectivity index (χ3v) is 3.10. The van der Waals surface area contributed by atoms with Crippen molar-refractivity contribution in [3.05, 3.63) is 0 Å². The number of hydrogen-bond donors (Lipinski definition) is 1. The molecule has 1 rings (SSSR count). The summed E-state index contributed by atoms with van der Waals surface area (Å²) in [5.74, 6) is 0.800. The molecule has 13 heavy (non-hydrogen) atoms. The third kappa shape index (κ3) is 3.11. The van der Waals surface area contributed by atoms with Crippen LogP contribution >= 0.6 is 0 Å². The van der Waals surface area contributed by atoms with E-state index >= 15 is 0 Å². The quantitative estimate of drug-likeness (QED) is 0.681. The van der Waals surface area contributed by atoms with E-state index in [1.807, 2.05) is 6.92 Å². The minimum absolute atomic E-state index is 0.0723. The second-order valence-electron chi connectivity index (χ2n) is 4.23. The van der Waals surface area contributed by atoms with Gasteiger partial charge in [-0.05, 0) is 12.8 Å². The SMILES string of the molecule is CC(CN)C(=O)C1CCCCCC1. The minimum atomic E-state index is 0.0723. The van der Waals surface area contributed by atoms with Crippen LogP contribution in [0, 0.1) is 11.8 Å². The van der Waals surface area contributed by atoms with Gasteiger partial charge in [-0.1, -0.05) is 32.6 Å². The van der Waals surface area contributed by atoms with Gasteiger partial charge in [-0.3, -0.25) is 4.79 Å². The Hall–Kier alpha value is -0.370. The van der Waals surface area contributed by atoms with Crippen molar-refractivity contribution in [2.75, 3.05) is 6.54 Å². The van der Waals surface area contributed by atoms with E-state index in [0.29, 0.717) is 18.2 Å². The molecule has 0 aromatic rings. The molecule has 0 aromatic carbocycles. The van der Waals surface area contributed by atoms with E-state index in [0.717, 1.165) is 12.8 Å². The normalized spacial score (nSPS) is 22.3. The fourth-order valence-corrected chi connectivity index (χ4v) is 2.08. The number of carbonyl (C=O) groups excluding carboxylic acids is 1. The van der Waals surface area contributed by atoms with Crippen molar-refractivity contribution in [2.45, 2.75) is 45.4 Å². The Morgan fingerprint density at radius 2 is 1.85 bits per heavy atom. The van der Waals surface area contributed by atoms with Crippen LogP contribution in [0.2, 0.25) is 0 Å². The number of Topliss-reactive ketones (excluding diaryl/α,β-unsaturated/α-hetero) is 1. The van der Waals surface area contributed by atoms with Gasteiger partial charge in [0.2, 0.25) is 0 Å². The van der Waals surface area contributed by atoms with Crippen LogP contribution in [0.1, 0.15) is 45.4 Å². The van der Waals surface area contributed by atoms with Gasteiger partial charge in [-0.15, -0.1) is 0 Å². The lowest BCUT2D eigenvalue weighted by Gasteiger charge is -2.16. The zero-order valence-corrected chi connectivity index (χ0v) is 8.59. The molecule has 1 unspecified atom stereocenters. The van der Waals surface area contributed by atoms with Gasteiger partial charge in [0, 0.05) is 18.4 Å². The zero-order chi connectivity index (χ0) is 9.68. The fraction of sp³-hybridized carbons (Fsp3) is 0.909. The van der Waals surface area contributed by atoms with Crippen molar-refractivity contribution in [1.29, 1.82) is 0 Å². The summed E-state index contributed by atoms with van der Waals surface area (Å²) in [7, 11) is 0. The van der Waals surface area contributed by atoms with Gasteiger partial charge in [-0.25, -0.2) is 0 Å². The molecular formula is C11H21NO. The van der Waals surface area contributed by atoms with Crippen LogP contribution in [0.3, 0.4) is 0 Å². The van der Waals surface area contributed by atoms with Crippen molar-refractivity contribution in [2.24, 2.45) is 17.6 Å². The predicted molar refractivity (Wildman–Crippen MR) is 54.4 cm³/mol. The van der Waals surface area contributed by atoms with E-state index < -0.39 is 0 Å². The molecule has 0 spiro atoms. The molecule has 1 fully saturated rings. The van der Waals surface area contributed by atoms with Crippen molar-refractivity contribution in [3.63, 3.8) is 0 Å². The summed E-state index contributed by atoms with van der Waals surface area (Å²) in [6.45, 7) is 2.46. The first kappa shape index (κ1) is 10.7. The van der Waals surface area contributed by atoms with Gasteiger partial charge in [0.1, 0.15) is 5.78 Å². The van der Waals surface area contributed by atoms with Gasteiger partial charge in [0.05, 0.1) is 0 Å². The molecule has 76 valence electrons. The maximum atomic E-state index is 11.8. The number of carbonyl (C=O) groups is 1. The van der Waals surface area contributed by atoms with Crippen LogP contribution in [0.25, 0.3) is 0 Å². The van der Waals surface area contributed by atoms with Crippen LogP contribution < -0.4 is 5.73 Å². The molecular weight excluding hydrogens is 162 g/mol. The summed E-state index contributed by atoms with van der Waals surface area (Å²) in [5, 5.41) is 0. The first-order valence-electron chi connectivity index (χ1n) is 5.49. The van der Waals surface area contributed by atoms with Gasteiger partial charge >= 0.3 is 0 Å². The summed E-state index contributed by atoms with van der Waals surface area (Å²) in [4.78, 5) is 11.8. The largest absolute Gasteiger partial charge is 0.330 e. The molecule has 0 heterocycles.